The van der Waals surface area contributed by atoms with Crippen molar-refractivity contribution in [1.82, 2.24) is 10.2 Å². The van der Waals surface area contributed by atoms with E-state index in [-0.39, 0.29) is 23.5 Å². The summed E-state index contributed by atoms with van der Waals surface area (Å²) in [7, 11) is 0. The van der Waals surface area contributed by atoms with E-state index < -0.39 is 5.97 Å². The zero-order valence-corrected chi connectivity index (χ0v) is 10.9. The summed E-state index contributed by atoms with van der Waals surface area (Å²) in [5, 5.41) is 17.2. The summed E-state index contributed by atoms with van der Waals surface area (Å²) in [4.78, 5) is 11.2. The molecule has 0 bridgehead atoms. The molecular formula is C14H14N2O4. The molecule has 0 radical (unpaired) electrons. The van der Waals surface area contributed by atoms with Gasteiger partial charge in [0.15, 0.2) is 0 Å². The van der Waals surface area contributed by atoms with Gasteiger partial charge in [-0.1, -0.05) is 12.1 Å². The molecule has 1 aromatic heterocycles. The quantitative estimate of drug-likeness (QED) is 0.924. The molecule has 2 atom stereocenters. The summed E-state index contributed by atoms with van der Waals surface area (Å²) in [6, 6.07) is 6.59. The van der Waals surface area contributed by atoms with Gasteiger partial charge in [0.25, 0.3) is 0 Å². The molecule has 6 heteroatoms. The van der Waals surface area contributed by atoms with Crippen LogP contribution in [0.25, 0.3) is 11.5 Å². The van der Waals surface area contributed by atoms with Crippen LogP contribution in [-0.2, 0) is 4.74 Å². The van der Waals surface area contributed by atoms with E-state index >= 15 is 0 Å². The lowest BCUT2D eigenvalue weighted by molar-refractivity contribution is 0.0697. The van der Waals surface area contributed by atoms with Crippen LogP contribution < -0.4 is 0 Å². The third-order valence-electron chi connectivity index (χ3n) is 3.52. The summed E-state index contributed by atoms with van der Waals surface area (Å²) >= 11 is 0. The molecule has 2 aromatic rings. The molecule has 1 aliphatic rings. The molecular weight excluding hydrogens is 260 g/mol. The molecule has 1 saturated heterocycles. The highest BCUT2D eigenvalue weighted by Crippen LogP contribution is 2.32. The smallest absolute Gasteiger partial charge is 0.336 e. The lowest BCUT2D eigenvalue weighted by Gasteiger charge is -2.08. The monoisotopic (exact) mass is 274 g/mol. The van der Waals surface area contributed by atoms with Crippen molar-refractivity contribution in [1.29, 1.82) is 0 Å². The second-order valence-corrected chi connectivity index (χ2v) is 4.77. The second-order valence-electron chi connectivity index (χ2n) is 4.77. The largest absolute Gasteiger partial charge is 0.478 e. The van der Waals surface area contributed by atoms with Gasteiger partial charge in [-0.05, 0) is 25.5 Å². The summed E-state index contributed by atoms with van der Waals surface area (Å²) < 4.78 is 11.1. The van der Waals surface area contributed by atoms with Crippen LogP contribution >= 0.6 is 0 Å². The van der Waals surface area contributed by atoms with E-state index in [0.717, 1.165) is 6.42 Å². The fourth-order valence-corrected chi connectivity index (χ4v) is 2.41. The van der Waals surface area contributed by atoms with Gasteiger partial charge in [-0.2, -0.15) is 0 Å². The molecule has 0 spiro atoms. The first kappa shape index (κ1) is 12.8. The van der Waals surface area contributed by atoms with Gasteiger partial charge in [0, 0.05) is 6.61 Å². The third kappa shape index (κ3) is 2.18. The molecule has 0 amide bonds. The number of aromatic carboxylic acids is 1. The zero-order chi connectivity index (χ0) is 14.1. The van der Waals surface area contributed by atoms with Crippen LogP contribution in [-0.4, -0.2) is 34.0 Å². The van der Waals surface area contributed by atoms with E-state index in [1.54, 1.807) is 18.2 Å². The Balaban J connectivity index is 1.96. The molecule has 6 nitrogen and oxygen atoms in total. The topological polar surface area (TPSA) is 85.5 Å². The molecule has 1 fully saturated rings. The van der Waals surface area contributed by atoms with Gasteiger partial charge in [-0.15, -0.1) is 10.2 Å². The first-order chi connectivity index (χ1) is 9.66. The molecule has 2 heterocycles. The summed E-state index contributed by atoms with van der Waals surface area (Å²) in [5.41, 5.74) is 0.587. The van der Waals surface area contributed by atoms with Crippen LogP contribution in [0.4, 0.5) is 0 Å². The van der Waals surface area contributed by atoms with Crippen LogP contribution in [0.15, 0.2) is 28.7 Å². The Morgan fingerprint density at radius 2 is 2.15 bits per heavy atom. The van der Waals surface area contributed by atoms with Crippen LogP contribution in [0, 0.1) is 0 Å². The first-order valence-corrected chi connectivity index (χ1v) is 6.44. The van der Waals surface area contributed by atoms with Gasteiger partial charge in [0.05, 0.1) is 23.1 Å². The van der Waals surface area contributed by atoms with Gasteiger partial charge in [-0.25, -0.2) is 4.79 Å². The minimum atomic E-state index is -1.02. The van der Waals surface area contributed by atoms with Crippen molar-refractivity contribution in [3.05, 3.63) is 35.7 Å². The molecule has 104 valence electrons. The van der Waals surface area contributed by atoms with Crippen molar-refractivity contribution < 1.29 is 19.1 Å². The third-order valence-corrected chi connectivity index (χ3v) is 3.52. The standard InChI is InChI=1S/C14H14N2O4/c1-8-9(6-7-19-8)12-15-16-13(20-12)10-4-2-3-5-11(10)14(17)18/h2-5,8-9H,6-7H2,1H3,(H,17,18). The first-order valence-electron chi connectivity index (χ1n) is 6.44. The fourth-order valence-electron chi connectivity index (χ4n) is 2.41. The van der Waals surface area contributed by atoms with Crippen LogP contribution in [0.2, 0.25) is 0 Å². The van der Waals surface area contributed by atoms with E-state index in [9.17, 15) is 9.90 Å². The maximum absolute atomic E-state index is 11.2. The van der Waals surface area contributed by atoms with Gasteiger partial charge < -0.3 is 14.3 Å². The Morgan fingerprint density at radius 1 is 1.35 bits per heavy atom. The SMILES string of the molecule is CC1OCCC1c1nnc(-c2ccccc2C(=O)O)o1. The minimum absolute atomic E-state index is 0.0398. The highest BCUT2D eigenvalue weighted by molar-refractivity contribution is 5.94. The number of benzene rings is 1. The second kappa shape index (κ2) is 5.05. The van der Waals surface area contributed by atoms with Crippen molar-refractivity contribution in [2.75, 3.05) is 6.61 Å². The van der Waals surface area contributed by atoms with Crippen molar-refractivity contribution in [2.24, 2.45) is 0 Å². The Morgan fingerprint density at radius 3 is 2.85 bits per heavy atom. The molecule has 3 rings (SSSR count). The highest BCUT2D eigenvalue weighted by Gasteiger charge is 2.31. The van der Waals surface area contributed by atoms with Gasteiger partial charge in [0.2, 0.25) is 11.8 Å². The van der Waals surface area contributed by atoms with Crippen molar-refractivity contribution in [3.8, 4) is 11.5 Å². The maximum Gasteiger partial charge on any atom is 0.336 e. The minimum Gasteiger partial charge on any atom is -0.478 e. The fraction of sp³-hybridized carbons (Fsp3) is 0.357. The number of hydrogen-bond donors (Lipinski definition) is 1. The van der Waals surface area contributed by atoms with Gasteiger partial charge in [0.1, 0.15) is 0 Å². The average Bonchev–Trinajstić information content (AvgIpc) is 3.07. The predicted molar refractivity (Wildman–Crippen MR) is 69.5 cm³/mol. The lowest BCUT2D eigenvalue weighted by Crippen LogP contribution is -2.09. The molecule has 1 N–H and O–H groups in total. The molecule has 0 saturated carbocycles. The van der Waals surface area contributed by atoms with Crippen molar-refractivity contribution in [2.45, 2.75) is 25.4 Å². The molecule has 20 heavy (non-hydrogen) atoms. The molecule has 0 aliphatic carbocycles. The predicted octanol–water partition coefficient (Wildman–Crippen LogP) is 2.33. The number of carboxylic acid groups (broad SMARTS) is 1. The van der Waals surface area contributed by atoms with E-state index in [1.807, 2.05) is 6.92 Å². The number of hydrogen-bond acceptors (Lipinski definition) is 5. The van der Waals surface area contributed by atoms with E-state index in [1.165, 1.54) is 6.07 Å². The Kier molecular flexibility index (Phi) is 3.23. The van der Waals surface area contributed by atoms with Gasteiger partial charge in [-0.3, -0.25) is 0 Å². The van der Waals surface area contributed by atoms with Crippen LogP contribution in [0.5, 0.6) is 0 Å². The Bertz CT molecular complexity index is 638. The molecule has 1 aliphatic heterocycles. The highest BCUT2D eigenvalue weighted by atomic mass is 16.5. The normalized spacial score (nSPS) is 22.1. The number of nitrogens with zero attached hydrogens (tertiary/aromatic N) is 2. The van der Waals surface area contributed by atoms with Crippen LogP contribution in [0.1, 0.15) is 35.5 Å². The van der Waals surface area contributed by atoms with Gasteiger partial charge >= 0.3 is 5.97 Å². The average molecular weight is 274 g/mol. The number of carbonyl (C=O) groups is 1. The molecule has 1 aromatic carbocycles. The number of ether oxygens (including phenoxy) is 1. The van der Waals surface area contributed by atoms with E-state index in [0.29, 0.717) is 18.1 Å². The number of carboxylic acids is 1. The Labute approximate surface area is 115 Å². The summed E-state index contributed by atoms with van der Waals surface area (Å²) in [5.74, 6) is -0.201. The van der Waals surface area contributed by atoms with E-state index in [4.69, 9.17) is 9.15 Å². The van der Waals surface area contributed by atoms with Crippen LogP contribution in [0.3, 0.4) is 0 Å². The van der Waals surface area contributed by atoms with Crippen molar-refractivity contribution in [3.63, 3.8) is 0 Å². The molecule has 2 unspecified atom stereocenters. The lowest BCUT2D eigenvalue weighted by atomic mass is 10.0. The zero-order valence-electron chi connectivity index (χ0n) is 10.9. The maximum atomic E-state index is 11.2. The summed E-state index contributed by atoms with van der Waals surface area (Å²) in [6.45, 7) is 2.64. The number of rotatable bonds is 3. The van der Waals surface area contributed by atoms with Crippen molar-refractivity contribution >= 4 is 5.97 Å². The summed E-state index contributed by atoms with van der Waals surface area (Å²) in [6.07, 6.45) is 0.877. The Hall–Kier alpha value is -2.21. The number of aromatic nitrogens is 2. The van der Waals surface area contributed by atoms with E-state index in [2.05, 4.69) is 10.2 Å².